The Bertz CT molecular complexity index is 539. The number of benzene rings is 1. The molecule has 1 aromatic rings. The first kappa shape index (κ1) is 15.3. The van der Waals surface area contributed by atoms with Gasteiger partial charge in [-0.25, -0.2) is 4.39 Å². The third kappa shape index (κ3) is 4.45. The number of carbonyl (C=O) groups is 1. The van der Waals surface area contributed by atoms with Gasteiger partial charge in [-0.3, -0.25) is 9.00 Å². The Morgan fingerprint density at radius 1 is 1.58 bits per heavy atom. The van der Waals surface area contributed by atoms with Crippen LogP contribution < -0.4 is 0 Å². The van der Waals surface area contributed by atoms with E-state index in [1.807, 2.05) is 6.07 Å². The van der Waals surface area contributed by atoms with Crippen molar-refractivity contribution in [2.24, 2.45) is 5.92 Å². The summed E-state index contributed by atoms with van der Waals surface area (Å²) < 4.78 is 29.9. The fourth-order valence-electron chi connectivity index (χ4n) is 1.54. The highest BCUT2D eigenvalue weighted by Crippen LogP contribution is 2.14. The molecule has 1 aromatic carbocycles. The van der Waals surface area contributed by atoms with Crippen LogP contribution in [0.5, 0.6) is 0 Å². The molecule has 0 bridgehead atoms. The Morgan fingerprint density at radius 3 is 2.84 bits per heavy atom. The van der Waals surface area contributed by atoms with Gasteiger partial charge in [-0.05, 0) is 18.2 Å². The largest absolute Gasteiger partial charge is 0.469 e. The van der Waals surface area contributed by atoms with E-state index in [9.17, 15) is 13.4 Å². The molecule has 6 heteroatoms. The molecule has 102 valence electrons. The highest BCUT2D eigenvalue weighted by Gasteiger charge is 2.17. The van der Waals surface area contributed by atoms with E-state index in [0.29, 0.717) is 5.56 Å². The van der Waals surface area contributed by atoms with E-state index in [2.05, 4.69) is 4.74 Å². The zero-order valence-corrected chi connectivity index (χ0v) is 11.5. The van der Waals surface area contributed by atoms with Crippen LogP contribution in [0.25, 0.3) is 0 Å². The molecule has 0 saturated carbocycles. The minimum absolute atomic E-state index is 0.0251. The Balaban J connectivity index is 2.72. The summed E-state index contributed by atoms with van der Waals surface area (Å²) in [5, 5.41) is 8.73. The SMILES string of the molecule is COC(=O)C(C)CS(=O)Cc1cc(C#N)ccc1F. The zero-order valence-electron chi connectivity index (χ0n) is 10.7. The van der Waals surface area contributed by atoms with Crippen LogP contribution in [-0.4, -0.2) is 23.0 Å². The summed E-state index contributed by atoms with van der Waals surface area (Å²) >= 11 is 0. The number of halogens is 1. The molecule has 0 saturated heterocycles. The van der Waals surface area contributed by atoms with Gasteiger partial charge in [0.05, 0.1) is 30.4 Å². The monoisotopic (exact) mass is 283 g/mol. The molecule has 2 atom stereocenters. The second-order valence-corrected chi connectivity index (χ2v) is 5.59. The van der Waals surface area contributed by atoms with Crippen molar-refractivity contribution in [2.75, 3.05) is 12.9 Å². The molecule has 1 rings (SSSR count). The van der Waals surface area contributed by atoms with E-state index in [4.69, 9.17) is 5.26 Å². The lowest BCUT2D eigenvalue weighted by molar-refractivity contribution is -0.144. The van der Waals surface area contributed by atoms with Gasteiger partial charge in [-0.15, -0.1) is 0 Å². The highest BCUT2D eigenvalue weighted by atomic mass is 32.2. The van der Waals surface area contributed by atoms with Gasteiger partial charge in [0.2, 0.25) is 0 Å². The van der Waals surface area contributed by atoms with Crippen LogP contribution in [0.4, 0.5) is 4.39 Å². The first-order valence-corrected chi connectivity index (χ1v) is 7.08. The Morgan fingerprint density at radius 2 is 2.26 bits per heavy atom. The smallest absolute Gasteiger partial charge is 0.309 e. The lowest BCUT2D eigenvalue weighted by Crippen LogP contribution is -2.20. The molecule has 0 fully saturated rings. The maximum Gasteiger partial charge on any atom is 0.309 e. The van der Waals surface area contributed by atoms with Gasteiger partial charge in [-0.1, -0.05) is 6.92 Å². The molecule has 0 heterocycles. The number of carbonyl (C=O) groups excluding carboxylic acids is 1. The molecule has 2 unspecified atom stereocenters. The van der Waals surface area contributed by atoms with Gasteiger partial charge in [-0.2, -0.15) is 5.26 Å². The molecule has 0 spiro atoms. The molecular formula is C13H14FNO3S. The van der Waals surface area contributed by atoms with Gasteiger partial charge in [0, 0.05) is 22.1 Å². The number of nitrogens with zero attached hydrogens (tertiary/aromatic N) is 1. The van der Waals surface area contributed by atoms with Gasteiger partial charge >= 0.3 is 5.97 Å². The third-order valence-electron chi connectivity index (χ3n) is 2.53. The topological polar surface area (TPSA) is 67.2 Å². The standard InChI is InChI=1S/C13H14FNO3S/c1-9(13(16)18-2)7-19(17)8-11-5-10(6-15)3-4-12(11)14/h3-5,9H,7-8H2,1-2H3. The van der Waals surface area contributed by atoms with Crippen LogP contribution in [0.2, 0.25) is 0 Å². The van der Waals surface area contributed by atoms with Crippen LogP contribution in [0.3, 0.4) is 0 Å². The lowest BCUT2D eigenvalue weighted by Gasteiger charge is -2.09. The normalized spacial score (nSPS) is 13.4. The van der Waals surface area contributed by atoms with Crippen molar-refractivity contribution in [1.82, 2.24) is 0 Å². The number of nitriles is 1. The summed E-state index contributed by atoms with van der Waals surface area (Å²) in [5.74, 6) is -1.38. The molecule has 0 amide bonds. The average molecular weight is 283 g/mol. The molecule has 19 heavy (non-hydrogen) atoms. The molecule has 0 aliphatic heterocycles. The summed E-state index contributed by atoms with van der Waals surface area (Å²) in [5.41, 5.74) is 0.531. The highest BCUT2D eigenvalue weighted by molar-refractivity contribution is 7.84. The fourth-order valence-corrected chi connectivity index (χ4v) is 2.92. The summed E-state index contributed by atoms with van der Waals surface area (Å²) in [6.45, 7) is 1.60. The number of ether oxygens (including phenoxy) is 1. The van der Waals surface area contributed by atoms with Crippen molar-refractivity contribution in [3.05, 3.63) is 35.1 Å². The molecule has 0 aromatic heterocycles. The average Bonchev–Trinajstić information content (AvgIpc) is 2.40. The second kappa shape index (κ2) is 7.00. The Hall–Kier alpha value is -1.74. The summed E-state index contributed by atoms with van der Waals surface area (Å²) in [6.07, 6.45) is 0. The molecule has 0 aliphatic carbocycles. The predicted octanol–water partition coefficient (Wildman–Crippen LogP) is 1.76. The zero-order chi connectivity index (χ0) is 14.4. The molecule has 0 radical (unpaired) electrons. The van der Waals surface area contributed by atoms with E-state index in [0.717, 1.165) is 0 Å². The van der Waals surface area contributed by atoms with Gasteiger partial charge < -0.3 is 4.74 Å². The van der Waals surface area contributed by atoms with Crippen LogP contribution in [0, 0.1) is 23.1 Å². The van der Waals surface area contributed by atoms with Gasteiger partial charge in [0.1, 0.15) is 5.82 Å². The van der Waals surface area contributed by atoms with E-state index in [-0.39, 0.29) is 17.1 Å². The van der Waals surface area contributed by atoms with Crippen LogP contribution in [-0.2, 0) is 26.1 Å². The minimum atomic E-state index is -1.39. The number of esters is 1. The van der Waals surface area contributed by atoms with Gasteiger partial charge in [0.15, 0.2) is 0 Å². The minimum Gasteiger partial charge on any atom is -0.469 e. The van der Waals surface area contributed by atoms with Crippen LogP contribution in [0.15, 0.2) is 18.2 Å². The Labute approximate surface area is 113 Å². The van der Waals surface area contributed by atoms with Crippen molar-refractivity contribution in [3.63, 3.8) is 0 Å². The van der Waals surface area contributed by atoms with E-state index in [1.54, 1.807) is 6.92 Å². The fraction of sp³-hybridized carbons (Fsp3) is 0.385. The second-order valence-electron chi connectivity index (χ2n) is 4.09. The van der Waals surface area contributed by atoms with Crippen molar-refractivity contribution < 1.29 is 18.1 Å². The molecule has 0 aliphatic rings. The van der Waals surface area contributed by atoms with E-state index in [1.165, 1.54) is 25.3 Å². The molecular weight excluding hydrogens is 269 g/mol. The van der Waals surface area contributed by atoms with Gasteiger partial charge in [0.25, 0.3) is 0 Å². The maximum atomic E-state index is 13.5. The summed E-state index contributed by atoms with van der Waals surface area (Å²) in [4.78, 5) is 11.2. The number of rotatable bonds is 5. The first-order chi connectivity index (χ1) is 8.97. The van der Waals surface area contributed by atoms with E-state index >= 15 is 0 Å². The summed E-state index contributed by atoms with van der Waals surface area (Å²) in [6, 6.07) is 5.80. The number of hydrogen-bond donors (Lipinski definition) is 0. The Kier molecular flexibility index (Phi) is 5.64. The van der Waals surface area contributed by atoms with Crippen molar-refractivity contribution in [1.29, 1.82) is 5.26 Å². The van der Waals surface area contributed by atoms with Crippen LogP contribution >= 0.6 is 0 Å². The van der Waals surface area contributed by atoms with Crippen molar-refractivity contribution in [3.8, 4) is 6.07 Å². The molecule has 4 nitrogen and oxygen atoms in total. The van der Waals surface area contributed by atoms with Crippen molar-refractivity contribution in [2.45, 2.75) is 12.7 Å². The molecule has 0 N–H and O–H groups in total. The van der Waals surface area contributed by atoms with Crippen molar-refractivity contribution >= 4 is 16.8 Å². The predicted molar refractivity (Wildman–Crippen MR) is 69.0 cm³/mol. The number of hydrogen-bond acceptors (Lipinski definition) is 4. The quantitative estimate of drug-likeness (QED) is 0.772. The number of methoxy groups -OCH3 is 1. The lowest BCUT2D eigenvalue weighted by atomic mass is 10.1. The van der Waals surface area contributed by atoms with Crippen LogP contribution in [0.1, 0.15) is 18.1 Å². The maximum absolute atomic E-state index is 13.5. The van der Waals surface area contributed by atoms with E-state index < -0.39 is 28.5 Å². The summed E-state index contributed by atoms with van der Waals surface area (Å²) in [7, 11) is -0.132. The third-order valence-corrected chi connectivity index (χ3v) is 4.04. The first-order valence-electron chi connectivity index (χ1n) is 5.59.